The minimum atomic E-state index is -0.148. The predicted octanol–water partition coefficient (Wildman–Crippen LogP) is 1.87. The summed E-state index contributed by atoms with van der Waals surface area (Å²) in [5, 5.41) is 0. The van der Waals surface area contributed by atoms with Crippen LogP contribution in [0.15, 0.2) is 30.5 Å². The van der Waals surface area contributed by atoms with Gasteiger partial charge < -0.3 is 15.0 Å². The highest BCUT2D eigenvalue weighted by Crippen LogP contribution is 2.28. The first kappa shape index (κ1) is 12.7. The summed E-state index contributed by atoms with van der Waals surface area (Å²) < 4.78 is 6.86. The van der Waals surface area contributed by atoms with Crippen LogP contribution in [-0.2, 0) is 22.5 Å². The molecular weight excluding hydrogens is 254 g/mol. The number of nitrogens with zero attached hydrogens (tertiary/aromatic N) is 2. The van der Waals surface area contributed by atoms with Gasteiger partial charge in [0.1, 0.15) is 5.82 Å². The van der Waals surface area contributed by atoms with Crippen molar-refractivity contribution in [2.45, 2.75) is 19.4 Å². The first-order chi connectivity index (χ1) is 9.69. The van der Waals surface area contributed by atoms with Crippen LogP contribution in [0, 0.1) is 5.92 Å². The molecule has 0 aliphatic carbocycles. The number of ether oxygens (including phenoxy) is 1. The van der Waals surface area contributed by atoms with Crippen molar-refractivity contribution in [1.82, 2.24) is 9.55 Å². The van der Waals surface area contributed by atoms with Gasteiger partial charge in [-0.25, -0.2) is 4.98 Å². The number of anilines is 1. The molecule has 1 aliphatic rings. The zero-order valence-electron chi connectivity index (χ0n) is 11.4. The third-order valence-electron chi connectivity index (χ3n) is 3.76. The molecule has 0 saturated heterocycles. The Bertz CT molecular complexity index is 648. The molecule has 0 spiro atoms. The Hall–Kier alpha value is -2.30. The maximum atomic E-state index is 11.6. The smallest absolute Gasteiger partial charge is 0.310 e. The Morgan fingerprint density at radius 3 is 3.00 bits per heavy atom. The van der Waals surface area contributed by atoms with Crippen molar-refractivity contribution < 1.29 is 9.53 Å². The molecule has 2 aromatic rings. The SMILES string of the molecule is COC(=O)C1CCc2nc(-c3ccccc3N)cn2C1. The molecule has 1 unspecified atom stereocenters. The second-order valence-electron chi connectivity index (χ2n) is 5.04. The molecule has 3 rings (SSSR count). The summed E-state index contributed by atoms with van der Waals surface area (Å²) in [5.74, 6) is 0.774. The fourth-order valence-electron chi connectivity index (χ4n) is 2.66. The number of carbonyl (C=O) groups excluding carboxylic acids is 1. The average molecular weight is 271 g/mol. The molecular formula is C15H17N3O2. The molecule has 5 nitrogen and oxygen atoms in total. The van der Waals surface area contributed by atoms with Gasteiger partial charge in [0.15, 0.2) is 0 Å². The normalized spacial score (nSPS) is 17.6. The fourth-order valence-corrected chi connectivity index (χ4v) is 2.66. The number of rotatable bonds is 2. The monoisotopic (exact) mass is 271 g/mol. The van der Waals surface area contributed by atoms with E-state index in [4.69, 9.17) is 10.5 Å². The molecule has 104 valence electrons. The predicted molar refractivity (Wildman–Crippen MR) is 75.9 cm³/mol. The summed E-state index contributed by atoms with van der Waals surface area (Å²) in [6.07, 6.45) is 3.54. The molecule has 1 aromatic carbocycles. The first-order valence-electron chi connectivity index (χ1n) is 6.68. The lowest BCUT2D eigenvalue weighted by atomic mass is 10.00. The van der Waals surface area contributed by atoms with E-state index in [0.29, 0.717) is 12.2 Å². The molecule has 5 heteroatoms. The highest BCUT2D eigenvalue weighted by atomic mass is 16.5. The Kier molecular flexibility index (Phi) is 3.18. The van der Waals surface area contributed by atoms with E-state index in [1.165, 1.54) is 7.11 Å². The van der Waals surface area contributed by atoms with Crippen molar-refractivity contribution in [3.63, 3.8) is 0 Å². The van der Waals surface area contributed by atoms with Crippen LogP contribution in [0.5, 0.6) is 0 Å². The minimum absolute atomic E-state index is 0.0809. The van der Waals surface area contributed by atoms with Crippen molar-refractivity contribution >= 4 is 11.7 Å². The van der Waals surface area contributed by atoms with Gasteiger partial charge in [0.2, 0.25) is 0 Å². The number of carbonyl (C=O) groups is 1. The lowest BCUT2D eigenvalue weighted by Gasteiger charge is -2.21. The van der Waals surface area contributed by atoms with Crippen LogP contribution < -0.4 is 5.73 Å². The maximum Gasteiger partial charge on any atom is 0.310 e. The van der Waals surface area contributed by atoms with E-state index in [0.717, 1.165) is 29.9 Å². The van der Waals surface area contributed by atoms with E-state index in [1.54, 1.807) is 0 Å². The highest BCUT2D eigenvalue weighted by molar-refractivity contribution is 5.74. The summed E-state index contributed by atoms with van der Waals surface area (Å²) in [6.45, 7) is 0.627. The molecule has 2 N–H and O–H groups in total. The molecule has 1 aliphatic heterocycles. The molecule has 0 bridgehead atoms. The molecule has 0 saturated carbocycles. The summed E-state index contributed by atoms with van der Waals surface area (Å²) in [7, 11) is 1.43. The summed E-state index contributed by atoms with van der Waals surface area (Å²) in [6, 6.07) is 7.68. The fraction of sp³-hybridized carbons (Fsp3) is 0.333. The van der Waals surface area contributed by atoms with E-state index < -0.39 is 0 Å². The largest absolute Gasteiger partial charge is 0.469 e. The third-order valence-corrected chi connectivity index (χ3v) is 3.76. The van der Waals surface area contributed by atoms with E-state index in [2.05, 4.69) is 4.98 Å². The summed E-state index contributed by atoms with van der Waals surface area (Å²) >= 11 is 0. The zero-order chi connectivity index (χ0) is 14.1. The number of esters is 1. The van der Waals surface area contributed by atoms with Crippen molar-refractivity contribution in [2.24, 2.45) is 5.92 Å². The number of hydrogen-bond donors (Lipinski definition) is 1. The van der Waals surface area contributed by atoms with Gasteiger partial charge in [-0.2, -0.15) is 0 Å². The Morgan fingerprint density at radius 1 is 1.45 bits per heavy atom. The van der Waals surface area contributed by atoms with Gasteiger partial charge >= 0.3 is 5.97 Å². The van der Waals surface area contributed by atoms with Crippen LogP contribution in [0.25, 0.3) is 11.3 Å². The number of imidazole rings is 1. The number of fused-ring (bicyclic) bond motifs is 1. The van der Waals surface area contributed by atoms with Gasteiger partial charge in [0, 0.05) is 30.4 Å². The Morgan fingerprint density at radius 2 is 2.25 bits per heavy atom. The van der Waals surface area contributed by atoms with Gasteiger partial charge in [-0.1, -0.05) is 18.2 Å². The van der Waals surface area contributed by atoms with Crippen LogP contribution in [0.4, 0.5) is 5.69 Å². The quantitative estimate of drug-likeness (QED) is 0.668. The average Bonchev–Trinajstić information content (AvgIpc) is 2.89. The number of nitrogen functional groups attached to an aromatic ring is 1. The van der Waals surface area contributed by atoms with Crippen LogP contribution >= 0.6 is 0 Å². The number of hydrogen-bond acceptors (Lipinski definition) is 4. The minimum Gasteiger partial charge on any atom is -0.469 e. The van der Waals surface area contributed by atoms with Crippen molar-refractivity contribution in [3.05, 3.63) is 36.3 Å². The van der Waals surface area contributed by atoms with E-state index in [9.17, 15) is 4.79 Å². The molecule has 20 heavy (non-hydrogen) atoms. The number of methoxy groups -OCH3 is 1. The van der Waals surface area contributed by atoms with Crippen molar-refractivity contribution in [3.8, 4) is 11.3 Å². The van der Waals surface area contributed by atoms with Gasteiger partial charge in [0.25, 0.3) is 0 Å². The standard InChI is InChI=1S/C15H17N3O2/c1-20-15(19)10-6-7-14-17-13(9-18(14)8-10)11-4-2-3-5-12(11)16/h2-5,9-10H,6-8,16H2,1H3. The second-order valence-corrected chi connectivity index (χ2v) is 5.04. The van der Waals surface area contributed by atoms with Crippen LogP contribution in [0.2, 0.25) is 0 Å². The second kappa shape index (κ2) is 5.00. The third kappa shape index (κ3) is 2.15. The number of benzene rings is 1. The maximum absolute atomic E-state index is 11.6. The van der Waals surface area contributed by atoms with E-state index in [-0.39, 0.29) is 11.9 Å². The summed E-state index contributed by atoms with van der Waals surface area (Å²) in [4.78, 5) is 16.3. The Labute approximate surface area is 117 Å². The number of aryl methyl sites for hydroxylation is 1. The van der Waals surface area contributed by atoms with Crippen molar-refractivity contribution in [2.75, 3.05) is 12.8 Å². The van der Waals surface area contributed by atoms with E-state index in [1.807, 2.05) is 35.0 Å². The number of para-hydroxylation sites is 1. The molecule has 1 aromatic heterocycles. The molecule has 1 atom stereocenters. The van der Waals surface area contributed by atoms with Gasteiger partial charge in [-0.3, -0.25) is 4.79 Å². The number of aromatic nitrogens is 2. The topological polar surface area (TPSA) is 70.1 Å². The van der Waals surface area contributed by atoms with Crippen molar-refractivity contribution in [1.29, 1.82) is 0 Å². The molecule has 0 amide bonds. The van der Waals surface area contributed by atoms with Gasteiger partial charge in [-0.15, -0.1) is 0 Å². The van der Waals surface area contributed by atoms with E-state index >= 15 is 0 Å². The van der Waals surface area contributed by atoms with Gasteiger partial charge in [-0.05, 0) is 12.5 Å². The first-order valence-corrected chi connectivity index (χ1v) is 6.68. The Balaban J connectivity index is 1.91. The lowest BCUT2D eigenvalue weighted by molar-refractivity contribution is -0.146. The molecule has 0 radical (unpaired) electrons. The molecule has 2 heterocycles. The summed E-state index contributed by atoms with van der Waals surface area (Å²) in [5.41, 5.74) is 8.50. The van der Waals surface area contributed by atoms with Gasteiger partial charge in [0.05, 0.1) is 18.7 Å². The van der Waals surface area contributed by atoms with Crippen LogP contribution in [0.1, 0.15) is 12.2 Å². The van der Waals surface area contributed by atoms with Crippen LogP contribution in [-0.4, -0.2) is 22.6 Å². The highest BCUT2D eigenvalue weighted by Gasteiger charge is 2.26. The molecule has 0 fully saturated rings. The number of nitrogens with two attached hydrogens (primary N) is 1. The van der Waals surface area contributed by atoms with Crippen LogP contribution in [0.3, 0.4) is 0 Å². The zero-order valence-corrected chi connectivity index (χ0v) is 11.4. The lowest BCUT2D eigenvalue weighted by Crippen LogP contribution is -2.27.